The molecule has 5 aromatic rings. The number of pyridine rings is 1. The van der Waals surface area contributed by atoms with Crippen LogP contribution in [0.5, 0.6) is 0 Å². The lowest BCUT2D eigenvalue weighted by molar-refractivity contribution is -0.137. The highest BCUT2D eigenvalue weighted by Crippen LogP contribution is 2.32. The summed E-state index contributed by atoms with van der Waals surface area (Å²) in [6.07, 6.45) is -3.21. The van der Waals surface area contributed by atoms with E-state index in [0.717, 1.165) is 12.1 Å². The number of nitrogens with two attached hydrogens (primary N) is 1. The average molecular weight is 558 g/mol. The van der Waals surface area contributed by atoms with Gasteiger partial charge in [-0.05, 0) is 60.0 Å². The predicted molar refractivity (Wildman–Crippen MR) is 153 cm³/mol. The quantitative estimate of drug-likeness (QED) is 0.210. The predicted octanol–water partition coefficient (Wildman–Crippen LogP) is 7.32. The number of halogens is 3. The molecule has 0 bridgehead atoms. The molecule has 5 rings (SSSR count). The van der Waals surface area contributed by atoms with E-state index < -0.39 is 23.6 Å². The molecule has 1 heterocycles. The van der Waals surface area contributed by atoms with Crippen LogP contribution < -0.4 is 11.1 Å². The van der Waals surface area contributed by atoms with Crippen LogP contribution in [0.1, 0.15) is 37.4 Å². The molecule has 6 nitrogen and oxygen atoms in total. The first-order chi connectivity index (χ1) is 19.5. The van der Waals surface area contributed by atoms with E-state index in [1.807, 2.05) is 0 Å². The van der Waals surface area contributed by atoms with E-state index in [4.69, 9.17) is 10.8 Å². The van der Waals surface area contributed by atoms with Crippen molar-refractivity contribution in [3.05, 3.63) is 131 Å². The molecule has 41 heavy (non-hydrogen) atoms. The van der Waals surface area contributed by atoms with Gasteiger partial charge in [0.1, 0.15) is 0 Å². The third kappa shape index (κ3) is 7.34. The molecule has 4 aromatic carbocycles. The van der Waals surface area contributed by atoms with Crippen molar-refractivity contribution in [1.29, 1.82) is 0 Å². The highest BCUT2D eigenvalue weighted by Gasteiger charge is 2.30. The number of anilines is 1. The Bertz CT molecular complexity index is 1680. The summed E-state index contributed by atoms with van der Waals surface area (Å²) in [4.78, 5) is 28.1. The Labute approximate surface area is 234 Å². The van der Waals surface area contributed by atoms with E-state index in [1.165, 1.54) is 35.5 Å². The summed E-state index contributed by atoms with van der Waals surface area (Å²) < 4.78 is 38.5. The highest BCUT2D eigenvalue weighted by atomic mass is 19.4. The minimum Gasteiger partial charge on any atom is -0.478 e. The number of aromatic nitrogens is 1. The second kappa shape index (κ2) is 12.4. The molecular weight excluding hydrogens is 531 g/mol. The Morgan fingerprint density at radius 1 is 0.902 bits per heavy atom. The van der Waals surface area contributed by atoms with Crippen molar-refractivity contribution in [3.8, 4) is 11.1 Å². The lowest BCUT2D eigenvalue weighted by atomic mass is 9.98. The molecule has 0 aliphatic rings. The zero-order valence-electron chi connectivity index (χ0n) is 21.9. The highest BCUT2D eigenvalue weighted by molar-refractivity contribution is 6.09. The minimum atomic E-state index is -4.44. The van der Waals surface area contributed by atoms with Gasteiger partial charge in [0.05, 0.1) is 16.6 Å². The van der Waals surface area contributed by atoms with Gasteiger partial charge in [-0.25, -0.2) is 4.79 Å². The number of carboxylic acid groups (broad SMARTS) is 1. The van der Waals surface area contributed by atoms with E-state index in [0.29, 0.717) is 39.8 Å². The number of amides is 1. The number of carboxylic acids is 1. The maximum atomic E-state index is 12.9. The molecule has 0 aliphatic carbocycles. The summed E-state index contributed by atoms with van der Waals surface area (Å²) in [6.45, 7) is 2.71. The molecule has 9 heteroatoms. The second-order valence-corrected chi connectivity index (χ2v) is 9.20. The Morgan fingerprint density at radius 2 is 1.59 bits per heavy atom. The molecule has 0 radical (unpaired) electrons. The van der Waals surface area contributed by atoms with Crippen LogP contribution in [0.25, 0.3) is 22.0 Å². The fourth-order valence-corrected chi connectivity index (χ4v) is 4.01. The number of nitrogens with zero attached hydrogens (tertiary/aromatic N) is 1. The standard InChI is InChI=1S/C24H15F3N2O3.C8H11N/c25-24(26,27)17-8-5-14(6-9-17)19-3-1-2-4-20(19)22(30)29-18-10-7-15-11-16(23(31)32)13-28-21(15)12-18;1-7-2-4-8(6-9)5-3-7/h1-13H,(H,29,30)(H,31,32);2-5H,6,9H2,1H3. The van der Waals surface area contributed by atoms with Crippen LogP contribution in [-0.4, -0.2) is 22.0 Å². The first-order valence-electron chi connectivity index (χ1n) is 12.5. The minimum absolute atomic E-state index is 0.0553. The Balaban J connectivity index is 0.000000367. The maximum Gasteiger partial charge on any atom is 0.416 e. The number of hydrogen-bond acceptors (Lipinski definition) is 4. The number of nitrogens with one attached hydrogen (secondary N) is 1. The van der Waals surface area contributed by atoms with E-state index in [2.05, 4.69) is 41.5 Å². The molecular formula is C32H26F3N3O3. The van der Waals surface area contributed by atoms with Gasteiger partial charge in [0.2, 0.25) is 0 Å². The van der Waals surface area contributed by atoms with Crippen molar-refractivity contribution in [2.45, 2.75) is 19.6 Å². The van der Waals surface area contributed by atoms with E-state index in [-0.39, 0.29) is 5.56 Å². The summed E-state index contributed by atoms with van der Waals surface area (Å²) in [7, 11) is 0. The number of aryl methyl sites for hydroxylation is 1. The van der Waals surface area contributed by atoms with Gasteiger partial charge in [0.25, 0.3) is 5.91 Å². The fraction of sp³-hybridized carbons (Fsp3) is 0.0938. The molecule has 4 N–H and O–H groups in total. The smallest absolute Gasteiger partial charge is 0.416 e. The molecule has 208 valence electrons. The number of carbonyl (C=O) groups is 2. The van der Waals surface area contributed by atoms with E-state index >= 15 is 0 Å². The third-order valence-electron chi connectivity index (χ3n) is 6.24. The van der Waals surface area contributed by atoms with Crippen LogP contribution in [0.15, 0.2) is 103 Å². The topological polar surface area (TPSA) is 105 Å². The summed E-state index contributed by atoms with van der Waals surface area (Å²) in [6, 6.07) is 25.8. The zero-order chi connectivity index (χ0) is 29.6. The Morgan fingerprint density at radius 3 is 2.22 bits per heavy atom. The second-order valence-electron chi connectivity index (χ2n) is 9.20. The van der Waals surface area contributed by atoms with E-state index in [1.54, 1.807) is 42.5 Å². The number of carbonyl (C=O) groups excluding carboxylic acids is 1. The largest absolute Gasteiger partial charge is 0.478 e. The van der Waals surface area contributed by atoms with Gasteiger partial charge in [-0.2, -0.15) is 13.2 Å². The van der Waals surface area contributed by atoms with Crippen molar-refractivity contribution in [1.82, 2.24) is 4.98 Å². The molecule has 1 amide bonds. The molecule has 0 saturated carbocycles. The van der Waals surface area contributed by atoms with Crippen molar-refractivity contribution >= 4 is 28.5 Å². The Hall–Kier alpha value is -5.02. The lowest BCUT2D eigenvalue weighted by Crippen LogP contribution is -2.13. The third-order valence-corrected chi connectivity index (χ3v) is 6.24. The summed E-state index contributed by atoms with van der Waals surface area (Å²) in [5.74, 6) is -1.53. The maximum absolute atomic E-state index is 12.9. The number of alkyl halides is 3. The van der Waals surface area contributed by atoms with Gasteiger partial charge < -0.3 is 16.2 Å². The van der Waals surface area contributed by atoms with Crippen LogP contribution >= 0.6 is 0 Å². The van der Waals surface area contributed by atoms with Gasteiger partial charge in [0, 0.05) is 29.4 Å². The number of benzene rings is 4. The molecule has 0 saturated heterocycles. The van der Waals surface area contributed by atoms with Crippen LogP contribution in [0, 0.1) is 6.92 Å². The van der Waals surface area contributed by atoms with Crippen LogP contribution in [0.4, 0.5) is 18.9 Å². The van der Waals surface area contributed by atoms with Crippen LogP contribution in [0.3, 0.4) is 0 Å². The number of hydrogen-bond donors (Lipinski definition) is 3. The lowest BCUT2D eigenvalue weighted by Gasteiger charge is -2.12. The summed E-state index contributed by atoms with van der Waals surface area (Å²) in [5.41, 5.74) is 9.38. The molecule has 0 unspecified atom stereocenters. The van der Waals surface area contributed by atoms with Gasteiger partial charge in [-0.15, -0.1) is 0 Å². The number of rotatable bonds is 5. The van der Waals surface area contributed by atoms with Gasteiger partial charge in [-0.1, -0.05) is 66.2 Å². The van der Waals surface area contributed by atoms with Crippen molar-refractivity contribution in [2.75, 3.05) is 5.32 Å². The first kappa shape index (κ1) is 29.0. The van der Waals surface area contributed by atoms with Gasteiger partial charge in [0.15, 0.2) is 0 Å². The van der Waals surface area contributed by atoms with E-state index in [9.17, 15) is 22.8 Å². The molecule has 0 spiro atoms. The van der Waals surface area contributed by atoms with Crippen LogP contribution in [-0.2, 0) is 12.7 Å². The zero-order valence-corrected chi connectivity index (χ0v) is 21.9. The van der Waals surface area contributed by atoms with Crippen molar-refractivity contribution < 1.29 is 27.9 Å². The van der Waals surface area contributed by atoms with Crippen molar-refractivity contribution in [2.24, 2.45) is 5.73 Å². The summed E-state index contributed by atoms with van der Waals surface area (Å²) >= 11 is 0. The number of fused-ring (bicyclic) bond motifs is 1. The monoisotopic (exact) mass is 557 g/mol. The van der Waals surface area contributed by atoms with Gasteiger partial charge >= 0.3 is 12.1 Å². The molecule has 0 atom stereocenters. The molecule has 0 fully saturated rings. The molecule has 1 aromatic heterocycles. The molecule has 0 aliphatic heterocycles. The average Bonchev–Trinajstić information content (AvgIpc) is 2.97. The normalized spacial score (nSPS) is 11.0. The Kier molecular flexibility index (Phi) is 8.79. The summed E-state index contributed by atoms with van der Waals surface area (Å²) in [5, 5.41) is 12.4. The number of aromatic carboxylic acids is 1. The van der Waals surface area contributed by atoms with Gasteiger partial charge in [-0.3, -0.25) is 9.78 Å². The first-order valence-corrected chi connectivity index (χ1v) is 12.5. The SMILES string of the molecule is Cc1ccc(CN)cc1.O=C(O)c1cnc2cc(NC(=O)c3ccccc3-c3ccc(C(F)(F)F)cc3)ccc2c1. The fourth-order valence-electron chi connectivity index (χ4n) is 4.01. The van der Waals surface area contributed by atoms with Crippen molar-refractivity contribution in [3.63, 3.8) is 0 Å². The van der Waals surface area contributed by atoms with Crippen LogP contribution in [0.2, 0.25) is 0 Å².